The fourth-order valence-electron chi connectivity index (χ4n) is 1.55. The van der Waals surface area contributed by atoms with E-state index in [0.29, 0.717) is 6.54 Å². The van der Waals surface area contributed by atoms with E-state index in [4.69, 9.17) is 5.73 Å². The molecule has 0 bridgehead atoms. The van der Waals surface area contributed by atoms with Gasteiger partial charge in [0.2, 0.25) is 0 Å². The van der Waals surface area contributed by atoms with Gasteiger partial charge in [0, 0.05) is 31.1 Å². The van der Waals surface area contributed by atoms with Crippen molar-refractivity contribution in [2.24, 2.45) is 5.73 Å². The third-order valence-electron chi connectivity index (χ3n) is 2.39. The van der Waals surface area contributed by atoms with Gasteiger partial charge < -0.3 is 10.6 Å². The molecule has 14 heavy (non-hydrogen) atoms. The van der Waals surface area contributed by atoms with Crippen molar-refractivity contribution >= 4 is 17.4 Å². The van der Waals surface area contributed by atoms with Gasteiger partial charge in [0.1, 0.15) is 0 Å². The molecular formula is C10H15N3S. The highest BCUT2D eigenvalue weighted by atomic mass is 32.2. The van der Waals surface area contributed by atoms with Crippen LogP contribution in [0.2, 0.25) is 0 Å². The fraction of sp³-hybridized carbons (Fsp3) is 0.500. The lowest BCUT2D eigenvalue weighted by atomic mass is 10.3. The third kappa shape index (κ3) is 2.19. The van der Waals surface area contributed by atoms with Crippen LogP contribution in [0.3, 0.4) is 0 Å². The Bertz CT molecular complexity index is 280. The monoisotopic (exact) mass is 209 g/mol. The topological polar surface area (TPSA) is 42.1 Å². The highest BCUT2D eigenvalue weighted by Crippen LogP contribution is 2.18. The van der Waals surface area contributed by atoms with Crippen molar-refractivity contribution < 1.29 is 0 Å². The maximum absolute atomic E-state index is 5.50. The van der Waals surface area contributed by atoms with E-state index in [1.54, 1.807) is 0 Å². The highest BCUT2D eigenvalue weighted by Gasteiger charge is 2.10. The van der Waals surface area contributed by atoms with E-state index in [1.807, 2.05) is 24.0 Å². The minimum absolute atomic E-state index is 0.524. The van der Waals surface area contributed by atoms with Crippen LogP contribution in [-0.4, -0.2) is 29.6 Å². The van der Waals surface area contributed by atoms with Crippen molar-refractivity contribution in [2.75, 3.05) is 29.5 Å². The van der Waals surface area contributed by atoms with Crippen LogP contribution in [0.4, 0.5) is 5.69 Å². The Morgan fingerprint density at radius 1 is 1.36 bits per heavy atom. The van der Waals surface area contributed by atoms with Crippen LogP contribution >= 0.6 is 11.8 Å². The zero-order valence-corrected chi connectivity index (χ0v) is 8.96. The van der Waals surface area contributed by atoms with Crippen molar-refractivity contribution in [1.29, 1.82) is 0 Å². The first-order valence-electron chi connectivity index (χ1n) is 4.88. The summed E-state index contributed by atoms with van der Waals surface area (Å²) in [5.41, 5.74) is 7.68. The minimum Gasteiger partial charge on any atom is -0.369 e. The first-order chi connectivity index (χ1) is 6.90. The standard InChI is InChI=1S/C10H15N3S/c11-7-9-1-2-10(8-12-9)13-3-5-14-6-4-13/h1-2,8H,3-7,11H2. The van der Waals surface area contributed by atoms with E-state index < -0.39 is 0 Å². The SMILES string of the molecule is NCc1ccc(N2CCSCC2)cn1. The van der Waals surface area contributed by atoms with Gasteiger partial charge >= 0.3 is 0 Å². The zero-order chi connectivity index (χ0) is 9.80. The number of nitrogens with two attached hydrogens (primary N) is 1. The lowest BCUT2D eigenvalue weighted by Gasteiger charge is -2.28. The molecule has 1 saturated heterocycles. The maximum atomic E-state index is 5.50. The number of hydrogen-bond acceptors (Lipinski definition) is 4. The number of aromatic nitrogens is 1. The number of nitrogens with zero attached hydrogens (tertiary/aromatic N) is 2. The Balaban J connectivity index is 2.07. The van der Waals surface area contributed by atoms with E-state index >= 15 is 0 Å². The predicted octanol–water partition coefficient (Wildman–Crippen LogP) is 1.09. The molecule has 0 spiro atoms. The van der Waals surface area contributed by atoms with Gasteiger partial charge in [-0.15, -0.1) is 0 Å². The largest absolute Gasteiger partial charge is 0.369 e. The van der Waals surface area contributed by atoms with E-state index in [2.05, 4.69) is 16.0 Å². The van der Waals surface area contributed by atoms with Crippen LogP contribution in [0.25, 0.3) is 0 Å². The molecule has 0 atom stereocenters. The summed E-state index contributed by atoms with van der Waals surface area (Å²) in [6.45, 7) is 2.79. The summed E-state index contributed by atoms with van der Waals surface area (Å²) in [7, 11) is 0. The predicted molar refractivity (Wildman–Crippen MR) is 61.7 cm³/mol. The Morgan fingerprint density at radius 2 is 2.14 bits per heavy atom. The van der Waals surface area contributed by atoms with Gasteiger partial charge in [-0.1, -0.05) is 0 Å². The van der Waals surface area contributed by atoms with Gasteiger partial charge in [-0.05, 0) is 12.1 Å². The summed E-state index contributed by atoms with van der Waals surface area (Å²) < 4.78 is 0. The van der Waals surface area contributed by atoms with Crippen molar-refractivity contribution in [3.63, 3.8) is 0 Å². The molecule has 0 amide bonds. The Labute approximate surface area is 88.7 Å². The highest BCUT2D eigenvalue weighted by molar-refractivity contribution is 7.99. The molecule has 4 heteroatoms. The summed E-state index contributed by atoms with van der Waals surface area (Å²) >= 11 is 2.02. The molecule has 0 unspecified atom stereocenters. The molecule has 0 saturated carbocycles. The second-order valence-corrected chi connectivity index (χ2v) is 4.54. The lowest BCUT2D eigenvalue weighted by molar-refractivity contribution is 0.851. The molecule has 1 fully saturated rings. The van der Waals surface area contributed by atoms with Gasteiger partial charge in [-0.25, -0.2) is 0 Å². The molecule has 0 radical (unpaired) electrons. The summed E-state index contributed by atoms with van der Waals surface area (Å²) in [6, 6.07) is 4.13. The van der Waals surface area contributed by atoms with Crippen LogP contribution in [0.5, 0.6) is 0 Å². The number of rotatable bonds is 2. The Hall–Kier alpha value is -0.740. The lowest BCUT2D eigenvalue weighted by Crippen LogP contribution is -2.32. The first kappa shape index (κ1) is 9.80. The number of pyridine rings is 1. The summed E-state index contributed by atoms with van der Waals surface area (Å²) in [4.78, 5) is 6.68. The second kappa shape index (κ2) is 4.66. The quantitative estimate of drug-likeness (QED) is 0.792. The Morgan fingerprint density at radius 3 is 2.71 bits per heavy atom. The molecule has 76 valence electrons. The summed E-state index contributed by atoms with van der Waals surface area (Å²) in [5.74, 6) is 2.44. The molecule has 0 aliphatic carbocycles. The Kier molecular flexibility index (Phi) is 3.26. The summed E-state index contributed by atoms with van der Waals surface area (Å²) in [5, 5.41) is 0. The van der Waals surface area contributed by atoms with E-state index in [1.165, 1.54) is 17.2 Å². The molecule has 2 heterocycles. The smallest absolute Gasteiger partial charge is 0.0553 e. The molecular weight excluding hydrogens is 194 g/mol. The van der Waals surface area contributed by atoms with Crippen molar-refractivity contribution in [3.8, 4) is 0 Å². The van der Waals surface area contributed by atoms with Crippen molar-refractivity contribution in [3.05, 3.63) is 24.0 Å². The molecule has 1 aromatic rings. The van der Waals surface area contributed by atoms with E-state index in [0.717, 1.165) is 18.8 Å². The molecule has 1 aliphatic heterocycles. The molecule has 1 aromatic heterocycles. The van der Waals surface area contributed by atoms with E-state index in [-0.39, 0.29) is 0 Å². The van der Waals surface area contributed by atoms with E-state index in [9.17, 15) is 0 Å². The van der Waals surface area contributed by atoms with Crippen LogP contribution < -0.4 is 10.6 Å². The van der Waals surface area contributed by atoms with Gasteiger partial charge in [0.25, 0.3) is 0 Å². The molecule has 1 aliphatic rings. The normalized spacial score (nSPS) is 17.1. The zero-order valence-electron chi connectivity index (χ0n) is 8.15. The van der Waals surface area contributed by atoms with Gasteiger partial charge in [-0.3, -0.25) is 4.98 Å². The molecule has 2 rings (SSSR count). The maximum Gasteiger partial charge on any atom is 0.0553 e. The molecule has 0 aromatic carbocycles. The fourth-order valence-corrected chi connectivity index (χ4v) is 2.45. The van der Waals surface area contributed by atoms with Crippen LogP contribution in [0, 0.1) is 0 Å². The van der Waals surface area contributed by atoms with Crippen LogP contribution in [0.1, 0.15) is 5.69 Å². The third-order valence-corrected chi connectivity index (χ3v) is 3.34. The van der Waals surface area contributed by atoms with Crippen molar-refractivity contribution in [2.45, 2.75) is 6.54 Å². The van der Waals surface area contributed by atoms with Gasteiger partial charge in [-0.2, -0.15) is 11.8 Å². The second-order valence-electron chi connectivity index (χ2n) is 3.31. The van der Waals surface area contributed by atoms with Gasteiger partial charge in [0.15, 0.2) is 0 Å². The van der Waals surface area contributed by atoms with Crippen LogP contribution in [0.15, 0.2) is 18.3 Å². The molecule has 3 nitrogen and oxygen atoms in total. The van der Waals surface area contributed by atoms with Gasteiger partial charge in [0.05, 0.1) is 17.6 Å². The number of hydrogen-bond donors (Lipinski definition) is 1. The van der Waals surface area contributed by atoms with Crippen molar-refractivity contribution in [1.82, 2.24) is 4.98 Å². The molecule has 2 N–H and O–H groups in total. The number of thioether (sulfide) groups is 1. The average molecular weight is 209 g/mol. The summed E-state index contributed by atoms with van der Waals surface area (Å²) in [6.07, 6.45) is 1.93. The van der Waals surface area contributed by atoms with Crippen LogP contribution in [-0.2, 0) is 6.54 Å². The minimum atomic E-state index is 0.524. The average Bonchev–Trinajstić information content (AvgIpc) is 2.30. The first-order valence-corrected chi connectivity index (χ1v) is 6.03. The number of anilines is 1.